The number of amides is 1. The molecule has 1 amide bonds. The Labute approximate surface area is 107 Å². The molecule has 2 unspecified atom stereocenters. The van der Waals surface area contributed by atoms with Gasteiger partial charge in [0.05, 0.1) is 18.3 Å². The van der Waals surface area contributed by atoms with Crippen molar-refractivity contribution in [2.24, 2.45) is 5.92 Å². The van der Waals surface area contributed by atoms with Crippen LogP contribution in [0.2, 0.25) is 0 Å². The molecule has 2 rings (SSSR count). The lowest BCUT2D eigenvalue weighted by atomic mass is 9.90. The Morgan fingerprint density at radius 3 is 3.22 bits per heavy atom. The predicted molar refractivity (Wildman–Crippen MR) is 68.7 cm³/mol. The van der Waals surface area contributed by atoms with Gasteiger partial charge in [0.25, 0.3) is 0 Å². The summed E-state index contributed by atoms with van der Waals surface area (Å²) in [6, 6.07) is 1.76. The Balaban J connectivity index is 1.81. The van der Waals surface area contributed by atoms with Gasteiger partial charge in [-0.2, -0.15) is 0 Å². The van der Waals surface area contributed by atoms with Crippen LogP contribution in [0.15, 0.2) is 18.6 Å². The smallest absolute Gasteiger partial charge is 0.237 e. The molecule has 98 valence electrons. The summed E-state index contributed by atoms with van der Waals surface area (Å²) < 4.78 is 0. The van der Waals surface area contributed by atoms with Crippen LogP contribution in [0.5, 0.6) is 0 Å². The molecule has 1 aromatic heterocycles. The first-order chi connectivity index (χ1) is 8.79. The highest BCUT2D eigenvalue weighted by molar-refractivity contribution is 5.81. The topological polar surface area (TPSA) is 66.9 Å². The fourth-order valence-electron chi connectivity index (χ4n) is 2.29. The first-order valence-corrected chi connectivity index (χ1v) is 6.55. The summed E-state index contributed by atoms with van der Waals surface area (Å²) in [6.07, 6.45) is 6.43. The molecule has 18 heavy (non-hydrogen) atoms. The first-order valence-electron chi connectivity index (χ1n) is 6.55. The number of hydrogen-bond donors (Lipinski definition) is 2. The van der Waals surface area contributed by atoms with Crippen LogP contribution >= 0.6 is 0 Å². The van der Waals surface area contributed by atoms with E-state index in [2.05, 4.69) is 27.5 Å². The van der Waals surface area contributed by atoms with E-state index >= 15 is 0 Å². The van der Waals surface area contributed by atoms with Crippen molar-refractivity contribution < 1.29 is 4.79 Å². The highest BCUT2D eigenvalue weighted by Gasteiger charge is 2.25. The van der Waals surface area contributed by atoms with Crippen LogP contribution in [0.1, 0.15) is 31.9 Å². The summed E-state index contributed by atoms with van der Waals surface area (Å²) in [5.41, 5.74) is 0.834. The van der Waals surface area contributed by atoms with Crippen LogP contribution < -0.4 is 10.6 Å². The van der Waals surface area contributed by atoms with Gasteiger partial charge in [-0.05, 0) is 31.4 Å². The van der Waals surface area contributed by atoms with E-state index in [0.29, 0.717) is 12.5 Å². The first kappa shape index (κ1) is 13.0. The van der Waals surface area contributed by atoms with Crippen molar-refractivity contribution in [1.82, 2.24) is 20.6 Å². The number of hydrogen-bond acceptors (Lipinski definition) is 4. The zero-order valence-electron chi connectivity index (χ0n) is 10.7. The van der Waals surface area contributed by atoms with Gasteiger partial charge >= 0.3 is 0 Å². The molecule has 0 bridgehead atoms. The van der Waals surface area contributed by atoms with E-state index in [1.54, 1.807) is 6.20 Å². The summed E-state index contributed by atoms with van der Waals surface area (Å²) >= 11 is 0. The molecule has 1 aliphatic heterocycles. The van der Waals surface area contributed by atoms with Crippen LogP contribution in [0, 0.1) is 5.92 Å². The summed E-state index contributed by atoms with van der Waals surface area (Å²) in [4.78, 5) is 19.9. The minimum Gasteiger partial charge on any atom is -0.349 e. The van der Waals surface area contributed by atoms with E-state index in [0.717, 1.165) is 25.1 Å². The lowest BCUT2D eigenvalue weighted by molar-refractivity contribution is -0.124. The van der Waals surface area contributed by atoms with Crippen molar-refractivity contribution in [3.8, 4) is 0 Å². The molecule has 0 saturated carbocycles. The summed E-state index contributed by atoms with van der Waals surface area (Å²) in [5, 5.41) is 6.20. The number of carbonyl (C=O) groups is 1. The number of aromatic nitrogens is 2. The number of nitrogens with zero attached hydrogens (tertiary/aromatic N) is 2. The minimum atomic E-state index is -0.0504. The Morgan fingerprint density at radius 1 is 1.61 bits per heavy atom. The average molecular weight is 248 g/mol. The third-order valence-electron chi connectivity index (χ3n) is 3.49. The molecule has 1 aromatic rings. The van der Waals surface area contributed by atoms with Gasteiger partial charge < -0.3 is 10.6 Å². The van der Waals surface area contributed by atoms with Crippen molar-refractivity contribution >= 4 is 5.91 Å². The maximum absolute atomic E-state index is 12.0. The van der Waals surface area contributed by atoms with Gasteiger partial charge in [0.1, 0.15) is 6.33 Å². The Hall–Kier alpha value is -1.49. The number of nitrogens with one attached hydrogen (secondary N) is 2. The average Bonchev–Trinajstić information content (AvgIpc) is 2.46. The van der Waals surface area contributed by atoms with Gasteiger partial charge in [-0.3, -0.25) is 4.79 Å². The van der Waals surface area contributed by atoms with Gasteiger partial charge in [0.15, 0.2) is 0 Å². The minimum absolute atomic E-state index is 0.0504. The summed E-state index contributed by atoms with van der Waals surface area (Å²) in [7, 11) is 0. The molecule has 0 spiro atoms. The molecule has 0 aliphatic carbocycles. The van der Waals surface area contributed by atoms with Crippen molar-refractivity contribution in [2.75, 3.05) is 6.54 Å². The molecule has 1 fully saturated rings. The van der Waals surface area contributed by atoms with Crippen molar-refractivity contribution in [1.29, 1.82) is 0 Å². The normalized spacial score (nSPS) is 23.6. The third-order valence-corrected chi connectivity index (χ3v) is 3.49. The fourth-order valence-corrected chi connectivity index (χ4v) is 2.29. The van der Waals surface area contributed by atoms with Crippen molar-refractivity contribution in [3.05, 3.63) is 24.3 Å². The molecule has 0 aromatic carbocycles. The molecular formula is C13H20N4O. The molecule has 1 saturated heterocycles. The third kappa shape index (κ3) is 3.50. The van der Waals surface area contributed by atoms with Crippen LogP contribution in [0.3, 0.4) is 0 Å². The summed E-state index contributed by atoms with van der Waals surface area (Å²) in [6.45, 7) is 3.59. The quantitative estimate of drug-likeness (QED) is 0.829. The second-order valence-corrected chi connectivity index (χ2v) is 4.72. The number of piperidine rings is 1. The monoisotopic (exact) mass is 248 g/mol. The largest absolute Gasteiger partial charge is 0.349 e. The maximum atomic E-state index is 12.0. The van der Waals surface area contributed by atoms with E-state index in [1.165, 1.54) is 12.7 Å². The molecule has 0 radical (unpaired) electrons. The van der Waals surface area contributed by atoms with E-state index < -0.39 is 0 Å². The standard InChI is InChI=1S/C13H20N4O/c1-2-10-3-6-15-12(7-10)13(18)16-8-11-4-5-14-9-17-11/h4-5,9-10,12,15H,2-3,6-8H2,1H3,(H,16,18). The SMILES string of the molecule is CCC1CCNC(C(=O)NCc2ccncn2)C1. The molecule has 5 nitrogen and oxygen atoms in total. The summed E-state index contributed by atoms with van der Waals surface area (Å²) in [5.74, 6) is 0.743. The van der Waals surface area contributed by atoms with E-state index in [9.17, 15) is 4.79 Å². The van der Waals surface area contributed by atoms with Crippen LogP contribution in [-0.4, -0.2) is 28.5 Å². The Morgan fingerprint density at radius 2 is 2.50 bits per heavy atom. The van der Waals surface area contributed by atoms with Gasteiger partial charge in [-0.1, -0.05) is 13.3 Å². The molecule has 2 atom stereocenters. The molecule has 2 N–H and O–H groups in total. The maximum Gasteiger partial charge on any atom is 0.237 e. The zero-order valence-corrected chi connectivity index (χ0v) is 10.7. The van der Waals surface area contributed by atoms with Gasteiger partial charge in [-0.25, -0.2) is 9.97 Å². The Kier molecular flexibility index (Phi) is 4.64. The van der Waals surface area contributed by atoms with Crippen molar-refractivity contribution in [2.45, 2.75) is 38.8 Å². The van der Waals surface area contributed by atoms with E-state index in [-0.39, 0.29) is 11.9 Å². The van der Waals surface area contributed by atoms with Crippen LogP contribution in [0.4, 0.5) is 0 Å². The lowest BCUT2D eigenvalue weighted by Crippen LogP contribution is -2.48. The zero-order chi connectivity index (χ0) is 12.8. The number of carbonyl (C=O) groups excluding carboxylic acids is 1. The highest BCUT2D eigenvalue weighted by atomic mass is 16.2. The molecule has 2 heterocycles. The predicted octanol–water partition coefficient (Wildman–Crippen LogP) is 0.871. The van der Waals surface area contributed by atoms with E-state index in [4.69, 9.17) is 0 Å². The Bertz CT molecular complexity index is 382. The molecule has 5 heteroatoms. The van der Waals surface area contributed by atoms with Gasteiger partial charge in [0, 0.05) is 6.20 Å². The van der Waals surface area contributed by atoms with Gasteiger partial charge in [0.2, 0.25) is 5.91 Å². The molecular weight excluding hydrogens is 228 g/mol. The van der Waals surface area contributed by atoms with Crippen LogP contribution in [0.25, 0.3) is 0 Å². The van der Waals surface area contributed by atoms with Crippen LogP contribution in [-0.2, 0) is 11.3 Å². The number of rotatable bonds is 4. The highest BCUT2D eigenvalue weighted by Crippen LogP contribution is 2.19. The fraction of sp³-hybridized carbons (Fsp3) is 0.615. The lowest BCUT2D eigenvalue weighted by Gasteiger charge is -2.28. The van der Waals surface area contributed by atoms with Crippen molar-refractivity contribution in [3.63, 3.8) is 0 Å². The second kappa shape index (κ2) is 6.44. The second-order valence-electron chi connectivity index (χ2n) is 4.72. The van der Waals surface area contributed by atoms with E-state index in [1.807, 2.05) is 6.07 Å². The molecule has 1 aliphatic rings. The van der Waals surface area contributed by atoms with Gasteiger partial charge in [-0.15, -0.1) is 0 Å².